The number of nitrogens with one attached hydrogen (secondary N) is 1. The van der Waals surface area contributed by atoms with E-state index in [0.29, 0.717) is 5.92 Å². The van der Waals surface area contributed by atoms with E-state index in [4.69, 9.17) is 4.98 Å². The van der Waals surface area contributed by atoms with E-state index in [1.807, 2.05) is 0 Å². The van der Waals surface area contributed by atoms with Crippen LogP contribution in [0.15, 0.2) is 18.2 Å². The molecule has 0 aliphatic carbocycles. The van der Waals surface area contributed by atoms with Crippen molar-refractivity contribution in [2.24, 2.45) is 5.92 Å². The van der Waals surface area contributed by atoms with Gasteiger partial charge in [0, 0.05) is 19.6 Å². The number of aromatic nitrogens is 1. The fraction of sp³-hybridized carbons (Fsp3) is 0.722. The summed E-state index contributed by atoms with van der Waals surface area (Å²) in [6.07, 6.45) is 4.94. The molecule has 3 heteroatoms. The molecule has 1 aromatic heterocycles. The molecule has 0 saturated heterocycles. The van der Waals surface area contributed by atoms with Crippen LogP contribution in [-0.4, -0.2) is 24.6 Å². The van der Waals surface area contributed by atoms with Gasteiger partial charge in [-0.05, 0) is 37.4 Å². The highest BCUT2D eigenvalue weighted by molar-refractivity contribution is 5.39. The molecule has 0 saturated carbocycles. The topological polar surface area (TPSA) is 28.2 Å². The van der Waals surface area contributed by atoms with E-state index in [1.165, 1.54) is 25.7 Å². The first-order valence-electron chi connectivity index (χ1n) is 8.59. The van der Waals surface area contributed by atoms with E-state index in [0.717, 1.165) is 37.7 Å². The molecule has 1 heterocycles. The number of rotatable bonds is 11. The molecule has 1 aromatic rings. The van der Waals surface area contributed by atoms with Crippen LogP contribution in [0.2, 0.25) is 0 Å². The van der Waals surface area contributed by atoms with Gasteiger partial charge in [0.05, 0.1) is 5.69 Å². The Balaban J connectivity index is 2.64. The van der Waals surface area contributed by atoms with Gasteiger partial charge in [-0.3, -0.25) is 0 Å². The minimum absolute atomic E-state index is 0.679. The van der Waals surface area contributed by atoms with Gasteiger partial charge >= 0.3 is 0 Å². The van der Waals surface area contributed by atoms with Crippen molar-refractivity contribution in [1.29, 1.82) is 0 Å². The predicted molar refractivity (Wildman–Crippen MR) is 92.8 cm³/mol. The highest BCUT2D eigenvalue weighted by Crippen LogP contribution is 2.14. The summed E-state index contributed by atoms with van der Waals surface area (Å²) in [7, 11) is 0. The van der Waals surface area contributed by atoms with Crippen LogP contribution in [0.4, 0.5) is 5.82 Å². The highest BCUT2D eigenvalue weighted by Gasteiger charge is 2.07. The zero-order valence-electron chi connectivity index (χ0n) is 14.4. The van der Waals surface area contributed by atoms with Gasteiger partial charge in [-0.2, -0.15) is 0 Å². The van der Waals surface area contributed by atoms with Crippen molar-refractivity contribution in [1.82, 2.24) is 10.3 Å². The first kappa shape index (κ1) is 18.0. The Hall–Kier alpha value is -1.09. The van der Waals surface area contributed by atoms with Gasteiger partial charge in [0.15, 0.2) is 0 Å². The Morgan fingerprint density at radius 2 is 1.76 bits per heavy atom. The molecule has 21 heavy (non-hydrogen) atoms. The number of hydrogen-bond acceptors (Lipinski definition) is 3. The van der Waals surface area contributed by atoms with Crippen molar-refractivity contribution in [3.63, 3.8) is 0 Å². The molecule has 0 aromatic carbocycles. The summed E-state index contributed by atoms with van der Waals surface area (Å²) in [6.45, 7) is 13.1. The molecule has 1 N–H and O–H groups in total. The van der Waals surface area contributed by atoms with Crippen LogP contribution in [0, 0.1) is 5.92 Å². The third-order valence-electron chi connectivity index (χ3n) is 3.54. The quantitative estimate of drug-likeness (QED) is 0.661. The zero-order valence-corrected chi connectivity index (χ0v) is 14.4. The lowest BCUT2D eigenvalue weighted by Crippen LogP contribution is -2.27. The smallest absolute Gasteiger partial charge is 0.128 e. The first-order chi connectivity index (χ1) is 10.2. The summed E-state index contributed by atoms with van der Waals surface area (Å²) in [6, 6.07) is 6.41. The Bertz CT molecular complexity index is 368. The van der Waals surface area contributed by atoms with E-state index >= 15 is 0 Å². The van der Waals surface area contributed by atoms with E-state index in [9.17, 15) is 0 Å². The zero-order chi connectivity index (χ0) is 15.5. The van der Waals surface area contributed by atoms with E-state index in [-0.39, 0.29) is 0 Å². The predicted octanol–water partition coefficient (Wildman–Crippen LogP) is 4.23. The summed E-state index contributed by atoms with van der Waals surface area (Å²) in [5, 5.41) is 3.47. The number of hydrogen-bond donors (Lipinski definition) is 1. The second kappa shape index (κ2) is 10.6. The second-order valence-corrected chi connectivity index (χ2v) is 6.21. The normalized spacial score (nSPS) is 11.1. The molecule has 0 radical (unpaired) electrons. The minimum atomic E-state index is 0.679. The van der Waals surface area contributed by atoms with Gasteiger partial charge in [0.1, 0.15) is 5.82 Å². The standard InChI is InChI=1S/C18H33N3/c1-5-7-12-21(13-8-6-2)18-11-9-10-17(20-18)15-19-14-16(3)4/h9-11,16,19H,5-8,12-15H2,1-4H3. The molecular formula is C18H33N3. The molecule has 0 fully saturated rings. The van der Waals surface area contributed by atoms with Crippen molar-refractivity contribution >= 4 is 5.82 Å². The van der Waals surface area contributed by atoms with Gasteiger partial charge in [0.25, 0.3) is 0 Å². The molecule has 0 amide bonds. The fourth-order valence-corrected chi connectivity index (χ4v) is 2.27. The third-order valence-corrected chi connectivity index (χ3v) is 3.54. The number of anilines is 1. The summed E-state index contributed by atoms with van der Waals surface area (Å²) in [5.41, 5.74) is 1.14. The minimum Gasteiger partial charge on any atom is -0.357 e. The molecular weight excluding hydrogens is 258 g/mol. The lowest BCUT2D eigenvalue weighted by Gasteiger charge is -2.24. The Morgan fingerprint density at radius 1 is 1.10 bits per heavy atom. The molecule has 0 aliphatic rings. The van der Waals surface area contributed by atoms with Crippen molar-refractivity contribution in [3.8, 4) is 0 Å². The Kier molecular flexibility index (Phi) is 9.07. The van der Waals surface area contributed by atoms with Crippen LogP contribution in [-0.2, 0) is 6.54 Å². The van der Waals surface area contributed by atoms with Crippen LogP contribution >= 0.6 is 0 Å². The molecule has 1 rings (SSSR count). The summed E-state index contributed by atoms with van der Waals surface area (Å²) in [5.74, 6) is 1.82. The Labute approximate surface area is 131 Å². The van der Waals surface area contributed by atoms with Gasteiger partial charge in [-0.1, -0.05) is 46.6 Å². The number of unbranched alkanes of at least 4 members (excludes halogenated alkanes) is 2. The van der Waals surface area contributed by atoms with Crippen LogP contribution < -0.4 is 10.2 Å². The maximum atomic E-state index is 4.84. The molecule has 0 bridgehead atoms. The molecule has 0 atom stereocenters. The average Bonchev–Trinajstić information content (AvgIpc) is 2.47. The summed E-state index contributed by atoms with van der Waals surface area (Å²) < 4.78 is 0. The highest BCUT2D eigenvalue weighted by atomic mass is 15.2. The number of nitrogens with zero attached hydrogens (tertiary/aromatic N) is 2. The van der Waals surface area contributed by atoms with Crippen molar-refractivity contribution < 1.29 is 0 Å². The first-order valence-corrected chi connectivity index (χ1v) is 8.59. The molecule has 120 valence electrons. The lowest BCUT2D eigenvalue weighted by molar-refractivity contribution is 0.548. The monoisotopic (exact) mass is 291 g/mol. The molecule has 0 unspecified atom stereocenters. The van der Waals surface area contributed by atoms with E-state index < -0.39 is 0 Å². The molecule has 3 nitrogen and oxygen atoms in total. The average molecular weight is 291 g/mol. The van der Waals surface area contributed by atoms with Crippen LogP contribution in [0.1, 0.15) is 59.1 Å². The second-order valence-electron chi connectivity index (χ2n) is 6.21. The van der Waals surface area contributed by atoms with Crippen LogP contribution in [0.5, 0.6) is 0 Å². The third kappa shape index (κ3) is 7.47. The van der Waals surface area contributed by atoms with Gasteiger partial charge in [-0.15, -0.1) is 0 Å². The van der Waals surface area contributed by atoms with Crippen molar-refractivity contribution in [2.45, 2.75) is 59.9 Å². The van der Waals surface area contributed by atoms with Crippen LogP contribution in [0.25, 0.3) is 0 Å². The SMILES string of the molecule is CCCCN(CCCC)c1cccc(CNCC(C)C)n1. The lowest BCUT2D eigenvalue weighted by atomic mass is 10.2. The maximum Gasteiger partial charge on any atom is 0.128 e. The van der Waals surface area contributed by atoms with Crippen molar-refractivity contribution in [3.05, 3.63) is 23.9 Å². The van der Waals surface area contributed by atoms with Gasteiger partial charge < -0.3 is 10.2 Å². The maximum absolute atomic E-state index is 4.84. The molecule has 0 aliphatic heterocycles. The summed E-state index contributed by atoms with van der Waals surface area (Å²) >= 11 is 0. The Morgan fingerprint density at radius 3 is 2.33 bits per heavy atom. The fourth-order valence-electron chi connectivity index (χ4n) is 2.27. The number of pyridine rings is 1. The summed E-state index contributed by atoms with van der Waals surface area (Å²) in [4.78, 5) is 7.28. The van der Waals surface area contributed by atoms with E-state index in [1.54, 1.807) is 0 Å². The van der Waals surface area contributed by atoms with Crippen molar-refractivity contribution in [2.75, 3.05) is 24.5 Å². The largest absolute Gasteiger partial charge is 0.357 e. The molecule has 0 spiro atoms. The van der Waals surface area contributed by atoms with E-state index in [2.05, 4.69) is 56.1 Å². The van der Waals surface area contributed by atoms with Crippen LogP contribution in [0.3, 0.4) is 0 Å². The van der Waals surface area contributed by atoms with Gasteiger partial charge in [-0.25, -0.2) is 4.98 Å². The van der Waals surface area contributed by atoms with Gasteiger partial charge in [0.2, 0.25) is 0 Å².